The summed E-state index contributed by atoms with van der Waals surface area (Å²) >= 11 is 1.39. The first kappa shape index (κ1) is 18.8. The minimum absolute atomic E-state index is 0.103. The molecule has 3 aromatic rings. The quantitative estimate of drug-likeness (QED) is 0.592. The Morgan fingerprint density at radius 3 is 2.96 bits per heavy atom. The van der Waals surface area contributed by atoms with E-state index in [0.29, 0.717) is 28.6 Å². The van der Waals surface area contributed by atoms with Gasteiger partial charge in [-0.2, -0.15) is 0 Å². The van der Waals surface area contributed by atoms with Gasteiger partial charge < -0.3 is 10.1 Å². The molecule has 0 aliphatic carbocycles. The molecule has 3 rings (SSSR count). The van der Waals surface area contributed by atoms with Crippen LogP contribution in [0.2, 0.25) is 0 Å². The van der Waals surface area contributed by atoms with Crippen molar-refractivity contribution in [2.45, 2.75) is 18.1 Å². The number of aromatic nitrogens is 5. The van der Waals surface area contributed by atoms with Crippen molar-refractivity contribution in [3.05, 3.63) is 54.1 Å². The molecule has 0 atom stereocenters. The summed E-state index contributed by atoms with van der Waals surface area (Å²) in [7, 11) is 1.73. The highest BCUT2D eigenvalue weighted by molar-refractivity contribution is 7.99. The molecule has 0 aliphatic heterocycles. The van der Waals surface area contributed by atoms with Crippen molar-refractivity contribution in [1.82, 2.24) is 30.5 Å². The van der Waals surface area contributed by atoms with Gasteiger partial charge >= 0.3 is 0 Å². The molecule has 2 heterocycles. The fourth-order valence-corrected chi connectivity index (χ4v) is 2.93. The second kappa shape index (κ2) is 9.08. The Balaban J connectivity index is 1.45. The van der Waals surface area contributed by atoms with Gasteiger partial charge in [-0.1, -0.05) is 17.8 Å². The molecule has 27 heavy (non-hydrogen) atoms. The first-order valence-corrected chi connectivity index (χ1v) is 9.08. The van der Waals surface area contributed by atoms with Gasteiger partial charge in [0.05, 0.1) is 6.20 Å². The molecule has 1 amide bonds. The third-order valence-electron chi connectivity index (χ3n) is 3.49. The summed E-state index contributed by atoms with van der Waals surface area (Å²) in [4.78, 5) is 15.8. The van der Waals surface area contributed by atoms with Crippen molar-refractivity contribution < 1.29 is 13.9 Å². The monoisotopic (exact) mass is 388 g/mol. The molecule has 0 unspecified atom stereocenters. The third kappa shape index (κ3) is 5.48. The number of aryl methyl sites for hydroxylation is 1. The van der Waals surface area contributed by atoms with Crippen LogP contribution in [-0.4, -0.2) is 36.9 Å². The second-order valence-corrected chi connectivity index (χ2v) is 6.58. The number of amides is 1. The minimum Gasteiger partial charge on any atom is -0.453 e. The van der Waals surface area contributed by atoms with Crippen LogP contribution in [-0.2, 0) is 18.4 Å². The van der Waals surface area contributed by atoms with Gasteiger partial charge in [0, 0.05) is 32.0 Å². The fourth-order valence-electron chi connectivity index (χ4n) is 2.14. The Morgan fingerprint density at radius 2 is 2.26 bits per heavy atom. The van der Waals surface area contributed by atoms with Crippen LogP contribution in [0.25, 0.3) is 0 Å². The molecule has 1 N–H and O–H groups in total. The maximum absolute atomic E-state index is 14.2. The number of nitrogens with one attached hydrogen (secondary N) is 1. The van der Waals surface area contributed by atoms with Crippen molar-refractivity contribution >= 4 is 17.7 Å². The van der Waals surface area contributed by atoms with Crippen LogP contribution in [0.3, 0.4) is 0 Å². The number of ether oxygens (including phenoxy) is 1. The Bertz CT molecular complexity index is 905. The topological polar surface area (TPSA) is 94.8 Å². The average Bonchev–Trinajstić information content (AvgIpc) is 3.08. The number of carbonyl (C=O) groups excluding carboxylic acids is 1. The highest BCUT2D eigenvalue weighted by atomic mass is 32.2. The molecular weight excluding hydrogens is 371 g/mol. The molecule has 0 saturated heterocycles. The highest BCUT2D eigenvalue weighted by Crippen LogP contribution is 2.24. The largest absolute Gasteiger partial charge is 0.453 e. The van der Waals surface area contributed by atoms with Gasteiger partial charge in [-0.05, 0) is 40.3 Å². The van der Waals surface area contributed by atoms with E-state index in [-0.39, 0.29) is 18.2 Å². The molecule has 0 fully saturated rings. The van der Waals surface area contributed by atoms with Crippen molar-refractivity contribution in [2.24, 2.45) is 7.05 Å². The number of halogens is 1. The Kier molecular flexibility index (Phi) is 6.31. The molecule has 8 nitrogen and oxygen atoms in total. The first-order chi connectivity index (χ1) is 13.1. The van der Waals surface area contributed by atoms with Crippen LogP contribution in [0.4, 0.5) is 4.39 Å². The van der Waals surface area contributed by atoms with Crippen LogP contribution in [0.5, 0.6) is 11.5 Å². The molecule has 0 spiro atoms. The van der Waals surface area contributed by atoms with Crippen LogP contribution in [0, 0.1) is 5.82 Å². The van der Waals surface area contributed by atoms with Crippen molar-refractivity contribution in [2.75, 3.05) is 5.75 Å². The molecule has 140 valence electrons. The SMILES string of the molecule is Cn1nnnc1SCCC(=O)NCc1ccc(Oc2cccnc2)c(F)c1. The molecule has 2 aromatic heterocycles. The Morgan fingerprint density at radius 1 is 1.37 bits per heavy atom. The fraction of sp³-hybridized carbons (Fsp3) is 0.235. The van der Waals surface area contributed by atoms with Crippen LogP contribution in [0.1, 0.15) is 12.0 Å². The number of tetrazole rings is 1. The van der Waals surface area contributed by atoms with E-state index in [0.717, 1.165) is 0 Å². The van der Waals surface area contributed by atoms with E-state index in [4.69, 9.17) is 4.74 Å². The Labute approximate surface area is 159 Å². The van der Waals surface area contributed by atoms with E-state index in [1.807, 2.05) is 0 Å². The zero-order chi connectivity index (χ0) is 19.1. The summed E-state index contributed by atoms with van der Waals surface area (Å²) in [5.41, 5.74) is 0.643. The number of carbonyl (C=O) groups is 1. The lowest BCUT2D eigenvalue weighted by atomic mass is 10.2. The maximum atomic E-state index is 14.2. The van der Waals surface area contributed by atoms with Crippen molar-refractivity contribution in [3.8, 4) is 11.5 Å². The van der Waals surface area contributed by atoms with Gasteiger partial charge in [0.1, 0.15) is 5.75 Å². The van der Waals surface area contributed by atoms with E-state index in [1.54, 1.807) is 36.1 Å². The predicted octanol–water partition coefficient (Wildman–Crippen LogP) is 2.34. The number of thioether (sulfide) groups is 1. The minimum atomic E-state index is -0.504. The summed E-state index contributed by atoms with van der Waals surface area (Å²) in [6.45, 7) is 0.235. The summed E-state index contributed by atoms with van der Waals surface area (Å²) in [5.74, 6) is 0.469. The molecule has 0 aliphatic rings. The van der Waals surface area contributed by atoms with E-state index in [9.17, 15) is 9.18 Å². The van der Waals surface area contributed by atoms with Gasteiger partial charge in [0.2, 0.25) is 11.1 Å². The Hall–Kier alpha value is -3.01. The summed E-state index contributed by atoms with van der Waals surface area (Å²) in [5, 5.41) is 14.5. The normalized spacial score (nSPS) is 10.6. The van der Waals surface area contributed by atoms with E-state index < -0.39 is 5.82 Å². The number of rotatable bonds is 8. The second-order valence-electron chi connectivity index (χ2n) is 5.52. The van der Waals surface area contributed by atoms with Gasteiger partial charge in [-0.25, -0.2) is 9.07 Å². The lowest BCUT2D eigenvalue weighted by molar-refractivity contribution is -0.120. The molecule has 0 saturated carbocycles. The average molecular weight is 388 g/mol. The van der Waals surface area contributed by atoms with E-state index in [1.165, 1.54) is 30.1 Å². The van der Waals surface area contributed by atoms with E-state index in [2.05, 4.69) is 25.8 Å². The van der Waals surface area contributed by atoms with Crippen LogP contribution in [0.15, 0.2) is 47.9 Å². The smallest absolute Gasteiger partial charge is 0.221 e. The molecule has 0 radical (unpaired) electrons. The third-order valence-corrected chi connectivity index (χ3v) is 4.50. The maximum Gasteiger partial charge on any atom is 0.221 e. The van der Waals surface area contributed by atoms with Gasteiger partial charge in [0.25, 0.3) is 0 Å². The zero-order valence-electron chi connectivity index (χ0n) is 14.5. The molecule has 10 heteroatoms. The van der Waals surface area contributed by atoms with Crippen LogP contribution >= 0.6 is 11.8 Å². The highest BCUT2D eigenvalue weighted by Gasteiger charge is 2.09. The van der Waals surface area contributed by atoms with Gasteiger partial charge in [0.15, 0.2) is 11.6 Å². The summed E-state index contributed by atoms with van der Waals surface area (Å²) < 4.78 is 21.2. The number of hydrogen-bond acceptors (Lipinski definition) is 7. The predicted molar refractivity (Wildman–Crippen MR) is 96.7 cm³/mol. The van der Waals surface area contributed by atoms with Gasteiger partial charge in [-0.15, -0.1) is 5.10 Å². The number of pyridine rings is 1. The number of benzene rings is 1. The van der Waals surface area contributed by atoms with Crippen molar-refractivity contribution in [1.29, 1.82) is 0 Å². The van der Waals surface area contributed by atoms with E-state index >= 15 is 0 Å². The van der Waals surface area contributed by atoms with Crippen molar-refractivity contribution in [3.63, 3.8) is 0 Å². The van der Waals surface area contributed by atoms with Crippen LogP contribution < -0.4 is 10.1 Å². The molecular formula is C17H17FN6O2S. The first-order valence-electron chi connectivity index (χ1n) is 8.10. The summed E-state index contributed by atoms with van der Waals surface area (Å²) in [6.07, 6.45) is 3.42. The molecule has 1 aromatic carbocycles. The molecule has 0 bridgehead atoms. The lowest BCUT2D eigenvalue weighted by Gasteiger charge is -2.09. The standard InChI is InChI=1S/C17H17FN6O2S/c1-24-17(21-22-23-24)27-8-6-16(25)20-10-12-4-5-15(14(18)9-12)26-13-3-2-7-19-11-13/h2-5,7,9,11H,6,8,10H2,1H3,(H,20,25). The number of hydrogen-bond donors (Lipinski definition) is 1. The zero-order valence-corrected chi connectivity index (χ0v) is 15.3. The lowest BCUT2D eigenvalue weighted by Crippen LogP contribution is -2.23. The number of nitrogens with zero attached hydrogens (tertiary/aromatic N) is 5. The van der Waals surface area contributed by atoms with Gasteiger partial charge in [-0.3, -0.25) is 9.78 Å². The summed E-state index contributed by atoms with van der Waals surface area (Å²) in [6, 6.07) is 7.97.